The number of methoxy groups -OCH3 is 2. The zero-order chi connectivity index (χ0) is 21.7. The van der Waals surface area contributed by atoms with Crippen LogP contribution in [0.5, 0.6) is 11.5 Å². The van der Waals surface area contributed by atoms with E-state index < -0.39 is 9.84 Å². The highest BCUT2D eigenvalue weighted by molar-refractivity contribution is 7.90. The van der Waals surface area contributed by atoms with Crippen LogP contribution in [-0.4, -0.2) is 61.6 Å². The number of anilines is 2. The molecule has 0 aromatic heterocycles. The van der Waals surface area contributed by atoms with Gasteiger partial charge in [-0.1, -0.05) is 11.6 Å². The predicted octanol–water partition coefficient (Wildman–Crippen LogP) is 2.82. The fourth-order valence-electron chi connectivity index (χ4n) is 3.62. The molecule has 0 bridgehead atoms. The molecule has 0 aliphatic carbocycles. The van der Waals surface area contributed by atoms with Gasteiger partial charge in [-0.15, -0.1) is 0 Å². The number of nitrogens with one attached hydrogen (secondary N) is 2. The van der Waals surface area contributed by atoms with Crippen LogP contribution < -0.4 is 25.0 Å². The second-order valence-electron chi connectivity index (χ2n) is 7.17. The summed E-state index contributed by atoms with van der Waals surface area (Å²) in [4.78, 5) is 2.54. The Morgan fingerprint density at radius 2 is 1.87 bits per heavy atom. The topological polar surface area (TPSA) is 79.9 Å². The van der Waals surface area contributed by atoms with Crippen LogP contribution in [0.2, 0.25) is 5.02 Å². The van der Waals surface area contributed by atoms with E-state index in [1.165, 1.54) is 6.26 Å². The summed E-state index contributed by atoms with van der Waals surface area (Å²) < 4.78 is 35.4. The maximum Gasteiger partial charge on any atom is 0.177 e. The van der Waals surface area contributed by atoms with Crippen molar-refractivity contribution >= 4 is 32.8 Å². The van der Waals surface area contributed by atoms with Crippen molar-refractivity contribution in [3.63, 3.8) is 0 Å². The first-order chi connectivity index (χ1) is 14.3. The molecule has 2 aromatic rings. The summed E-state index contributed by atoms with van der Waals surface area (Å²) >= 11 is 6.20. The van der Waals surface area contributed by atoms with E-state index in [-0.39, 0.29) is 4.90 Å². The normalized spacial score (nSPS) is 14.5. The SMILES string of the molecule is COc1cc(Cl)cc(CCNc2cc(N3CCNCC3)ccc2S(C)(=O)=O)c1OC. The van der Waals surface area contributed by atoms with Crippen LogP contribution in [0.15, 0.2) is 35.2 Å². The van der Waals surface area contributed by atoms with Gasteiger partial charge in [0.2, 0.25) is 0 Å². The van der Waals surface area contributed by atoms with Crippen LogP contribution in [0.4, 0.5) is 11.4 Å². The van der Waals surface area contributed by atoms with Gasteiger partial charge >= 0.3 is 0 Å². The smallest absolute Gasteiger partial charge is 0.177 e. The summed E-state index contributed by atoms with van der Waals surface area (Å²) in [6, 6.07) is 9.00. The van der Waals surface area contributed by atoms with Gasteiger partial charge in [-0.25, -0.2) is 8.42 Å². The van der Waals surface area contributed by atoms with Gasteiger partial charge in [-0.05, 0) is 30.7 Å². The highest BCUT2D eigenvalue weighted by atomic mass is 35.5. The van der Waals surface area contributed by atoms with Crippen molar-refractivity contribution in [1.29, 1.82) is 0 Å². The Labute approximate surface area is 183 Å². The van der Waals surface area contributed by atoms with Crippen LogP contribution >= 0.6 is 11.6 Å². The van der Waals surface area contributed by atoms with Crippen LogP contribution in [0.25, 0.3) is 0 Å². The number of sulfone groups is 1. The van der Waals surface area contributed by atoms with Crippen LogP contribution in [0.3, 0.4) is 0 Å². The molecule has 2 N–H and O–H groups in total. The molecule has 1 aliphatic rings. The summed E-state index contributed by atoms with van der Waals surface area (Å²) in [6.45, 7) is 4.10. The third-order valence-corrected chi connectivity index (χ3v) is 6.45. The number of hydrogen-bond donors (Lipinski definition) is 2. The van der Waals surface area contributed by atoms with E-state index in [1.807, 2.05) is 18.2 Å². The lowest BCUT2D eigenvalue weighted by atomic mass is 10.1. The molecule has 2 aromatic carbocycles. The average molecular weight is 454 g/mol. The van der Waals surface area contributed by atoms with Gasteiger partial charge in [-0.2, -0.15) is 0 Å². The van der Waals surface area contributed by atoms with E-state index in [9.17, 15) is 8.42 Å². The van der Waals surface area contributed by atoms with Gasteiger partial charge in [0.15, 0.2) is 21.3 Å². The third kappa shape index (κ3) is 5.30. The molecule has 30 heavy (non-hydrogen) atoms. The number of ether oxygens (including phenoxy) is 2. The number of benzene rings is 2. The van der Waals surface area contributed by atoms with E-state index in [4.69, 9.17) is 21.1 Å². The number of piperazine rings is 1. The molecule has 0 radical (unpaired) electrons. The van der Waals surface area contributed by atoms with E-state index in [0.29, 0.717) is 35.2 Å². The highest BCUT2D eigenvalue weighted by Gasteiger charge is 2.18. The van der Waals surface area contributed by atoms with E-state index in [0.717, 1.165) is 37.4 Å². The summed E-state index contributed by atoms with van der Waals surface area (Å²) in [5.41, 5.74) is 2.49. The lowest BCUT2D eigenvalue weighted by Gasteiger charge is -2.30. The Hall–Kier alpha value is -2.16. The average Bonchev–Trinajstić information content (AvgIpc) is 2.73. The zero-order valence-electron chi connectivity index (χ0n) is 17.5. The minimum atomic E-state index is -3.37. The van der Waals surface area contributed by atoms with Crippen molar-refractivity contribution < 1.29 is 17.9 Å². The van der Waals surface area contributed by atoms with Gasteiger partial charge in [0, 0.05) is 61.3 Å². The zero-order valence-corrected chi connectivity index (χ0v) is 19.1. The summed E-state index contributed by atoms with van der Waals surface area (Å²) in [5, 5.41) is 7.18. The number of rotatable bonds is 8. The lowest BCUT2D eigenvalue weighted by Crippen LogP contribution is -2.43. The highest BCUT2D eigenvalue weighted by Crippen LogP contribution is 2.35. The molecule has 0 atom stereocenters. The number of halogens is 1. The summed E-state index contributed by atoms with van der Waals surface area (Å²) in [6.07, 6.45) is 1.81. The second kappa shape index (κ2) is 9.76. The number of nitrogens with zero attached hydrogens (tertiary/aromatic N) is 1. The molecule has 0 unspecified atom stereocenters. The first-order valence-electron chi connectivity index (χ1n) is 9.77. The van der Waals surface area contributed by atoms with Gasteiger partial charge in [-0.3, -0.25) is 0 Å². The third-order valence-electron chi connectivity index (χ3n) is 5.08. The summed E-state index contributed by atoms with van der Waals surface area (Å²) in [7, 11) is -0.215. The molecule has 1 saturated heterocycles. The molecule has 0 saturated carbocycles. The van der Waals surface area contributed by atoms with Gasteiger partial charge in [0.1, 0.15) is 0 Å². The number of hydrogen-bond acceptors (Lipinski definition) is 7. The van der Waals surface area contributed by atoms with Crippen molar-refractivity contribution in [2.45, 2.75) is 11.3 Å². The molecule has 1 heterocycles. The minimum Gasteiger partial charge on any atom is -0.493 e. The Kier molecular flexibility index (Phi) is 7.33. The minimum absolute atomic E-state index is 0.289. The first-order valence-corrected chi connectivity index (χ1v) is 12.0. The standard InChI is InChI=1S/C21H28ClN3O4S/c1-28-19-13-16(22)12-15(21(19)29-2)6-7-24-18-14-17(25-10-8-23-9-11-25)4-5-20(18)30(3,26)27/h4-5,12-14,23-24H,6-11H2,1-3H3. The quantitative estimate of drug-likeness (QED) is 0.636. The van der Waals surface area contributed by atoms with Crippen molar-refractivity contribution in [3.8, 4) is 11.5 Å². The fourth-order valence-corrected chi connectivity index (χ4v) is 4.70. The second-order valence-corrected chi connectivity index (χ2v) is 9.59. The Bertz CT molecular complexity index is 992. The molecule has 0 spiro atoms. The van der Waals surface area contributed by atoms with Gasteiger partial charge in [0.25, 0.3) is 0 Å². The van der Waals surface area contributed by atoms with E-state index >= 15 is 0 Å². The van der Waals surface area contributed by atoms with Gasteiger partial charge in [0.05, 0.1) is 24.8 Å². The largest absolute Gasteiger partial charge is 0.493 e. The maximum absolute atomic E-state index is 12.3. The molecule has 9 heteroatoms. The van der Waals surface area contributed by atoms with Crippen LogP contribution in [-0.2, 0) is 16.3 Å². The molecule has 0 amide bonds. The first kappa shape index (κ1) is 22.5. The lowest BCUT2D eigenvalue weighted by molar-refractivity contribution is 0.352. The molecule has 3 rings (SSSR count). The summed E-state index contributed by atoms with van der Waals surface area (Å²) in [5.74, 6) is 1.19. The molecule has 1 fully saturated rings. The molecule has 1 aliphatic heterocycles. The van der Waals surface area contributed by atoms with Crippen molar-refractivity contribution in [2.75, 3.05) is 63.4 Å². The van der Waals surface area contributed by atoms with Gasteiger partial charge < -0.3 is 25.0 Å². The molecule has 164 valence electrons. The van der Waals surface area contributed by atoms with E-state index in [2.05, 4.69) is 15.5 Å². The van der Waals surface area contributed by atoms with Crippen molar-refractivity contribution in [3.05, 3.63) is 40.9 Å². The van der Waals surface area contributed by atoms with Crippen molar-refractivity contribution in [1.82, 2.24) is 5.32 Å². The fraction of sp³-hybridized carbons (Fsp3) is 0.429. The predicted molar refractivity (Wildman–Crippen MR) is 121 cm³/mol. The monoisotopic (exact) mass is 453 g/mol. The van der Waals surface area contributed by atoms with E-state index in [1.54, 1.807) is 26.4 Å². The van der Waals surface area contributed by atoms with Crippen LogP contribution in [0, 0.1) is 0 Å². The van der Waals surface area contributed by atoms with Crippen molar-refractivity contribution in [2.24, 2.45) is 0 Å². The molecule has 7 nitrogen and oxygen atoms in total. The Balaban J connectivity index is 1.82. The Morgan fingerprint density at radius 1 is 1.13 bits per heavy atom. The Morgan fingerprint density at radius 3 is 2.50 bits per heavy atom. The van der Waals surface area contributed by atoms with Crippen LogP contribution in [0.1, 0.15) is 5.56 Å². The maximum atomic E-state index is 12.3. The molecular formula is C21H28ClN3O4S. The molecular weight excluding hydrogens is 426 g/mol.